The van der Waals surface area contributed by atoms with E-state index in [-0.39, 0.29) is 28.6 Å². The van der Waals surface area contributed by atoms with Gasteiger partial charge in [-0.3, -0.25) is 9.59 Å². The summed E-state index contributed by atoms with van der Waals surface area (Å²) in [6.07, 6.45) is 12.3. The van der Waals surface area contributed by atoms with Crippen LogP contribution in [-0.2, 0) is 9.59 Å². The number of fused-ring (bicyclic) bond motifs is 1. The van der Waals surface area contributed by atoms with Gasteiger partial charge in [0.05, 0.1) is 5.92 Å². The maximum Gasteiger partial charge on any atom is 0.306 e. The van der Waals surface area contributed by atoms with Crippen LogP contribution in [0.25, 0.3) is 0 Å². The van der Waals surface area contributed by atoms with Crippen molar-refractivity contribution in [2.45, 2.75) is 112 Å². The van der Waals surface area contributed by atoms with Gasteiger partial charge in [0.1, 0.15) is 5.78 Å². The first-order chi connectivity index (χ1) is 14.5. The summed E-state index contributed by atoms with van der Waals surface area (Å²) in [4.78, 5) is 25.4. The Kier molecular flexibility index (Phi) is 7.64. The molecule has 0 spiro atoms. The van der Waals surface area contributed by atoms with Crippen LogP contribution in [0.3, 0.4) is 0 Å². The topological polar surface area (TPSA) is 54.4 Å². The molecule has 31 heavy (non-hydrogen) atoms. The predicted octanol–water partition coefficient (Wildman–Crippen LogP) is 7.38. The van der Waals surface area contributed by atoms with Crippen molar-refractivity contribution >= 4 is 11.8 Å². The Morgan fingerprint density at radius 2 is 1.71 bits per heavy atom. The first kappa shape index (κ1) is 24.8. The van der Waals surface area contributed by atoms with Crippen LogP contribution in [0.2, 0.25) is 0 Å². The summed E-state index contributed by atoms with van der Waals surface area (Å²) in [6, 6.07) is 0. The third-order valence-corrected chi connectivity index (χ3v) is 10.3. The molecule has 8 unspecified atom stereocenters. The SMILES string of the molecule is CC(C)CCCC(C)C1CCC2C(C(C)C(=O)O)C(C3(C)CCCCC3=O)CCC12C. The molecule has 3 nitrogen and oxygen atoms in total. The number of carboxylic acids is 1. The van der Waals surface area contributed by atoms with Gasteiger partial charge in [-0.2, -0.15) is 0 Å². The molecule has 8 atom stereocenters. The Morgan fingerprint density at radius 1 is 1.00 bits per heavy atom. The summed E-state index contributed by atoms with van der Waals surface area (Å²) in [7, 11) is 0. The second-order valence-corrected chi connectivity index (χ2v) is 12.5. The van der Waals surface area contributed by atoms with E-state index in [2.05, 4.69) is 34.6 Å². The van der Waals surface area contributed by atoms with E-state index in [0.29, 0.717) is 30.0 Å². The summed E-state index contributed by atoms with van der Waals surface area (Å²) in [6.45, 7) is 13.7. The number of hydrogen-bond acceptors (Lipinski definition) is 2. The maximum absolute atomic E-state index is 13.1. The highest BCUT2D eigenvalue weighted by Gasteiger charge is 2.60. The number of carbonyl (C=O) groups excluding carboxylic acids is 1. The zero-order valence-corrected chi connectivity index (χ0v) is 21.1. The van der Waals surface area contributed by atoms with Crippen LogP contribution in [0.15, 0.2) is 0 Å². The van der Waals surface area contributed by atoms with Gasteiger partial charge in [0.15, 0.2) is 0 Å². The fourth-order valence-corrected chi connectivity index (χ4v) is 8.42. The second-order valence-electron chi connectivity index (χ2n) is 12.5. The third kappa shape index (κ3) is 4.62. The van der Waals surface area contributed by atoms with Gasteiger partial charge in [-0.15, -0.1) is 0 Å². The summed E-state index contributed by atoms with van der Waals surface area (Å²) in [5, 5.41) is 10.1. The molecule has 0 bridgehead atoms. The van der Waals surface area contributed by atoms with Crippen molar-refractivity contribution in [1.29, 1.82) is 0 Å². The molecule has 3 fully saturated rings. The fraction of sp³-hybridized carbons (Fsp3) is 0.929. The Balaban J connectivity index is 1.86. The van der Waals surface area contributed by atoms with Crippen molar-refractivity contribution in [2.24, 2.45) is 52.3 Å². The molecule has 0 heterocycles. The van der Waals surface area contributed by atoms with Gasteiger partial charge in [-0.25, -0.2) is 0 Å². The van der Waals surface area contributed by atoms with Crippen molar-refractivity contribution in [3.8, 4) is 0 Å². The molecular formula is C28H48O3. The second kappa shape index (κ2) is 9.56. The monoisotopic (exact) mass is 432 g/mol. The first-order valence-corrected chi connectivity index (χ1v) is 13.3. The van der Waals surface area contributed by atoms with E-state index >= 15 is 0 Å². The summed E-state index contributed by atoms with van der Waals surface area (Å²) >= 11 is 0. The molecule has 3 heteroatoms. The van der Waals surface area contributed by atoms with Gasteiger partial charge < -0.3 is 5.11 Å². The van der Waals surface area contributed by atoms with Crippen molar-refractivity contribution in [1.82, 2.24) is 0 Å². The Labute approximate surface area is 191 Å². The minimum Gasteiger partial charge on any atom is -0.481 e. The molecule has 0 amide bonds. The average molecular weight is 433 g/mol. The number of ketones is 1. The number of aliphatic carboxylic acids is 1. The minimum atomic E-state index is -0.667. The molecule has 3 aliphatic carbocycles. The molecule has 0 aromatic heterocycles. The highest BCUT2D eigenvalue weighted by atomic mass is 16.4. The molecule has 0 aliphatic heterocycles. The van der Waals surface area contributed by atoms with Crippen LogP contribution in [0, 0.1) is 52.3 Å². The van der Waals surface area contributed by atoms with Gasteiger partial charge in [-0.05, 0) is 79.4 Å². The van der Waals surface area contributed by atoms with Gasteiger partial charge in [0.25, 0.3) is 0 Å². The summed E-state index contributed by atoms with van der Waals surface area (Å²) in [5.41, 5.74) is -0.0783. The molecule has 0 saturated heterocycles. The lowest BCUT2D eigenvalue weighted by Crippen LogP contribution is -2.53. The molecule has 0 radical (unpaired) electrons. The van der Waals surface area contributed by atoms with Gasteiger partial charge in [-0.1, -0.05) is 67.2 Å². The number of carboxylic acid groups (broad SMARTS) is 1. The highest BCUT2D eigenvalue weighted by Crippen LogP contribution is 2.65. The van der Waals surface area contributed by atoms with E-state index in [1.54, 1.807) is 0 Å². The van der Waals surface area contributed by atoms with E-state index < -0.39 is 5.97 Å². The number of rotatable bonds is 8. The fourth-order valence-electron chi connectivity index (χ4n) is 8.42. The summed E-state index contributed by atoms with van der Waals surface area (Å²) in [5.74, 6) is 2.37. The third-order valence-electron chi connectivity index (χ3n) is 10.3. The molecule has 0 aromatic carbocycles. The molecule has 178 valence electrons. The standard InChI is InChI=1S/C28H48O3/c1-18(2)10-9-11-19(3)21-13-14-22-25(20(4)26(30)31)23(15-17-27(21,22)5)28(6)16-8-7-12-24(28)29/h18-23,25H,7-17H2,1-6H3,(H,30,31). The van der Waals surface area contributed by atoms with Crippen molar-refractivity contribution in [3.63, 3.8) is 0 Å². The van der Waals surface area contributed by atoms with E-state index in [9.17, 15) is 14.7 Å². The van der Waals surface area contributed by atoms with Crippen molar-refractivity contribution < 1.29 is 14.7 Å². The van der Waals surface area contributed by atoms with Crippen LogP contribution in [0.5, 0.6) is 0 Å². The quantitative estimate of drug-likeness (QED) is 0.435. The van der Waals surface area contributed by atoms with Crippen LogP contribution in [-0.4, -0.2) is 16.9 Å². The molecule has 0 aromatic rings. The van der Waals surface area contributed by atoms with Crippen LogP contribution < -0.4 is 0 Å². The largest absolute Gasteiger partial charge is 0.481 e. The zero-order valence-electron chi connectivity index (χ0n) is 21.1. The smallest absolute Gasteiger partial charge is 0.306 e. The van der Waals surface area contributed by atoms with E-state index in [4.69, 9.17) is 0 Å². The highest BCUT2D eigenvalue weighted by molar-refractivity contribution is 5.85. The Morgan fingerprint density at radius 3 is 2.32 bits per heavy atom. The zero-order chi connectivity index (χ0) is 23.0. The van der Waals surface area contributed by atoms with Crippen molar-refractivity contribution in [2.75, 3.05) is 0 Å². The number of carbonyl (C=O) groups is 2. The maximum atomic E-state index is 13.1. The number of hydrogen-bond donors (Lipinski definition) is 1. The molecule has 1 N–H and O–H groups in total. The lowest BCUT2D eigenvalue weighted by molar-refractivity contribution is -0.156. The lowest BCUT2D eigenvalue weighted by Gasteiger charge is -2.55. The van der Waals surface area contributed by atoms with Crippen LogP contribution >= 0.6 is 0 Å². The molecule has 3 saturated carbocycles. The lowest BCUT2D eigenvalue weighted by atomic mass is 9.48. The normalized spacial score (nSPS) is 40.5. The van der Waals surface area contributed by atoms with E-state index in [1.165, 1.54) is 32.1 Å². The predicted molar refractivity (Wildman–Crippen MR) is 127 cm³/mol. The Hall–Kier alpha value is -0.860. The van der Waals surface area contributed by atoms with Crippen LogP contribution in [0.1, 0.15) is 112 Å². The van der Waals surface area contributed by atoms with Gasteiger partial charge in [0.2, 0.25) is 0 Å². The van der Waals surface area contributed by atoms with Crippen molar-refractivity contribution in [3.05, 3.63) is 0 Å². The summed E-state index contributed by atoms with van der Waals surface area (Å²) < 4.78 is 0. The minimum absolute atomic E-state index is 0.135. The van der Waals surface area contributed by atoms with E-state index in [1.807, 2.05) is 6.92 Å². The molecule has 3 aliphatic rings. The first-order valence-electron chi connectivity index (χ1n) is 13.3. The van der Waals surface area contributed by atoms with E-state index in [0.717, 1.165) is 38.0 Å². The van der Waals surface area contributed by atoms with Gasteiger partial charge in [0, 0.05) is 11.8 Å². The van der Waals surface area contributed by atoms with Gasteiger partial charge >= 0.3 is 5.97 Å². The average Bonchev–Trinajstić information content (AvgIpc) is 3.05. The Bertz CT molecular complexity index is 655. The molecule has 3 rings (SSSR count). The molecular weight excluding hydrogens is 384 g/mol. The number of Topliss-reactive ketones (excluding diaryl/α,β-unsaturated/α-hetero) is 1. The van der Waals surface area contributed by atoms with Crippen LogP contribution in [0.4, 0.5) is 0 Å².